The summed E-state index contributed by atoms with van der Waals surface area (Å²) < 4.78 is 10.3. The number of fused-ring (bicyclic) bond motifs is 1. The molecule has 8 nitrogen and oxygen atoms in total. The zero-order valence-electron chi connectivity index (χ0n) is 16.6. The molecule has 1 saturated heterocycles. The minimum atomic E-state index is -0.728. The highest BCUT2D eigenvalue weighted by Crippen LogP contribution is 2.31. The van der Waals surface area contributed by atoms with Crippen LogP contribution in [-0.4, -0.2) is 42.8 Å². The third kappa shape index (κ3) is 3.85. The van der Waals surface area contributed by atoms with Crippen LogP contribution < -0.4 is 10.2 Å². The van der Waals surface area contributed by atoms with Gasteiger partial charge in [0.2, 0.25) is 5.91 Å². The molecule has 2 atom stereocenters. The van der Waals surface area contributed by atoms with Crippen molar-refractivity contribution in [2.45, 2.75) is 32.3 Å². The van der Waals surface area contributed by atoms with Gasteiger partial charge in [-0.2, -0.15) is 0 Å². The van der Waals surface area contributed by atoms with Crippen LogP contribution in [0.1, 0.15) is 46.0 Å². The van der Waals surface area contributed by atoms with Gasteiger partial charge in [-0.1, -0.05) is 0 Å². The van der Waals surface area contributed by atoms with Gasteiger partial charge in [-0.25, -0.2) is 4.79 Å². The number of anilines is 1. The Morgan fingerprint density at radius 3 is 2.80 bits per heavy atom. The molecular formula is C22H22N2O6. The van der Waals surface area contributed by atoms with Crippen LogP contribution in [0.25, 0.3) is 0 Å². The van der Waals surface area contributed by atoms with Crippen molar-refractivity contribution in [1.82, 2.24) is 5.32 Å². The van der Waals surface area contributed by atoms with Crippen molar-refractivity contribution >= 4 is 29.3 Å². The molecule has 1 aliphatic carbocycles. The summed E-state index contributed by atoms with van der Waals surface area (Å²) in [6.07, 6.45) is 3.66. The zero-order chi connectivity index (χ0) is 21.3. The Labute approximate surface area is 173 Å². The van der Waals surface area contributed by atoms with Crippen LogP contribution in [0.2, 0.25) is 0 Å². The van der Waals surface area contributed by atoms with Gasteiger partial charge in [0.25, 0.3) is 0 Å². The molecule has 1 aliphatic heterocycles. The van der Waals surface area contributed by atoms with Gasteiger partial charge < -0.3 is 14.5 Å². The summed E-state index contributed by atoms with van der Waals surface area (Å²) in [5.41, 5.74) is 2.37. The lowest BCUT2D eigenvalue weighted by atomic mass is 9.89. The number of nitrogens with one attached hydrogen (secondary N) is 1. The SMILES string of the molecule is CC(=O)NC[C@H]1CN(c2ccc3c(c2)CCCC(C(=O)c2ccoc2)C3=O)C(=O)O1. The molecule has 0 bridgehead atoms. The molecule has 2 aliphatic rings. The Balaban J connectivity index is 1.53. The number of benzene rings is 1. The van der Waals surface area contributed by atoms with Crippen LogP contribution in [-0.2, 0) is 16.0 Å². The second kappa shape index (κ2) is 8.14. The quantitative estimate of drug-likeness (QED) is 0.462. The van der Waals surface area contributed by atoms with E-state index in [-0.39, 0.29) is 24.0 Å². The van der Waals surface area contributed by atoms with Crippen LogP contribution >= 0.6 is 0 Å². The van der Waals surface area contributed by atoms with Crippen LogP contribution in [0.3, 0.4) is 0 Å². The summed E-state index contributed by atoms with van der Waals surface area (Å²) >= 11 is 0. The fourth-order valence-electron chi connectivity index (χ4n) is 3.96. The predicted octanol–water partition coefficient (Wildman–Crippen LogP) is 2.76. The van der Waals surface area contributed by atoms with Gasteiger partial charge >= 0.3 is 6.09 Å². The Morgan fingerprint density at radius 2 is 2.07 bits per heavy atom. The van der Waals surface area contributed by atoms with E-state index in [4.69, 9.17) is 9.15 Å². The predicted molar refractivity (Wildman–Crippen MR) is 107 cm³/mol. The van der Waals surface area contributed by atoms with Crippen molar-refractivity contribution in [3.8, 4) is 0 Å². The number of ketones is 2. The lowest BCUT2D eigenvalue weighted by molar-refractivity contribution is -0.119. The van der Waals surface area contributed by atoms with Crippen molar-refractivity contribution < 1.29 is 28.3 Å². The van der Waals surface area contributed by atoms with E-state index in [1.807, 2.05) is 6.07 Å². The monoisotopic (exact) mass is 410 g/mol. The first-order valence-corrected chi connectivity index (χ1v) is 9.90. The lowest BCUT2D eigenvalue weighted by Crippen LogP contribution is -2.33. The molecule has 1 unspecified atom stereocenters. The van der Waals surface area contributed by atoms with E-state index in [0.29, 0.717) is 42.6 Å². The maximum Gasteiger partial charge on any atom is 0.414 e. The molecule has 1 fully saturated rings. The topological polar surface area (TPSA) is 106 Å². The standard InChI is InChI=1S/C22H22N2O6/c1-13(25)23-10-17-11-24(22(28)30-17)16-5-6-18-14(9-16)3-2-4-19(21(18)27)20(26)15-7-8-29-12-15/h5-9,12,17,19H,2-4,10-11H2,1H3,(H,23,25)/t17-,19?/m0/s1. The highest BCUT2D eigenvalue weighted by molar-refractivity contribution is 6.16. The first-order chi connectivity index (χ1) is 14.4. The average Bonchev–Trinajstić information content (AvgIpc) is 3.35. The maximum absolute atomic E-state index is 13.1. The molecule has 30 heavy (non-hydrogen) atoms. The average molecular weight is 410 g/mol. The summed E-state index contributed by atoms with van der Waals surface area (Å²) in [6, 6.07) is 6.77. The van der Waals surface area contributed by atoms with Crippen molar-refractivity contribution in [2.75, 3.05) is 18.0 Å². The van der Waals surface area contributed by atoms with Gasteiger partial charge in [-0.3, -0.25) is 19.3 Å². The number of aryl methyl sites for hydroxylation is 1. The highest BCUT2D eigenvalue weighted by atomic mass is 16.6. The molecule has 2 heterocycles. The van der Waals surface area contributed by atoms with Crippen LogP contribution in [0, 0.1) is 5.92 Å². The summed E-state index contributed by atoms with van der Waals surface area (Å²) in [5, 5.41) is 2.64. The molecule has 1 aromatic heterocycles. The molecule has 1 aromatic carbocycles. The number of rotatable bonds is 5. The summed E-state index contributed by atoms with van der Waals surface area (Å²) in [4.78, 5) is 50.6. The third-order valence-corrected chi connectivity index (χ3v) is 5.50. The van der Waals surface area contributed by atoms with E-state index < -0.39 is 18.1 Å². The van der Waals surface area contributed by atoms with Gasteiger partial charge in [0.05, 0.1) is 30.8 Å². The number of amides is 2. The number of cyclic esters (lactones) is 1. The highest BCUT2D eigenvalue weighted by Gasteiger charge is 2.35. The van der Waals surface area contributed by atoms with Crippen LogP contribution in [0.4, 0.5) is 10.5 Å². The van der Waals surface area contributed by atoms with Gasteiger partial charge in [0.1, 0.15) is 12.4 Å². The maximum atomic E-state index is 13.1. The first kappa shape index (κ1) is 19.9. The number of nitrogens with zero attached hydrogens (tertiary/aromatic N) is 1. The minimum Gasteiger partial charge on any atom is -0.472 e. The van der Waals surface area contributed by atoms with Crippen LogP contribution in [0.5, 0.6) is 0 Å². The number of ether oxygens (including phenoxy) is 1. The number of hydrogen-bond acceptors (Lipinski definition) is 6. The molecule has 0 spiro atoms. The molecule has 2 amide bonds. The van der Waals surface area contributed by atoms with Gasteiger partial charge in [-0.05, 0) is 49.1 Å². The van der Waals surface area contributed by atoms with Crippen molar-refractivity contribution in [1.29, 1.82) is 0 Å². The third-order valence-electron chi connectivity index (χ3n) is 5.50. The molecule has 156 valence electrons. The lowest BCUT2D eigenvalue weighted by Gasteiger charge is -2.16. The molecule has 8 heteroatoms. The Morgan fingerprint density at radius 1 is 1.23 bits per heavy atom. The van der Waals surface area contributed by atoms with Gasteiger partial charge in [0.15, 0.2) is 11.6 Å². The smallest absolute Gasteiger partial charge is 0.414 e. The largest absolute Gasteiger partial charge is 0.472 e. The van der Waals surface area contributed by atoms with E-state index in [9.17, 15) is 19.2 Å². The summed E-state index contributed by atoms with van der Waals surface area (Å²) in [6.45, 7) is 1.97. The van der Waals surface area contributed by atoms with Gasteiger partial charge in [0, 0.05) is 18.2 Å². The van der Waals surface area contributed by atoms with E-state index in [1.54, 1.807) is 18.2 Å². The van der Waals surface area contributed by atoms with E-state index in [0.717, 1.165) is 5.56 Å². The first-order valence-electron chi connectivity index (χ1n) is 9.90. The minimum absolute atomic E-state index is 0.187. The Hall–Kier alpha value is -3.42. The second-order valence-corrected chi connectivity index (χ2v) is 7.58. The number of carbonyl (C=O) groups is 4. The van der Waals surface area contributed by atoms with Crippen LogP contribution in [0.15, 0.2) is 41.2 Å². The summed E-state index contributed by atoms with van der Waals surface area (Å²) in [7, 11) is 0. The number of Topliss-reactive ketones (excluding diaryl/α,β-unsaturated/α-hetero) is 2. The molecular weight excluding hydrogens is 388 g/mol. The summed E-state index contributed by atoms with van der Waals surface area (Å²) in [5.74, 6) is -1.34. The van der Waals surface area contributed by atoms with E-state index >= 15 is 0 Å². The molecule has 4 rings (SSSR count). The number of furan rings is 1. The zero-order valence-corrected chi connectivity index (χ0v) is 16.6. The second-order valence-electron chi connectivity index (χ2n) is 7.58. The molecule has 0 saturated carbocycles. The molecule has 0 radical (unpaired) electrons. The normalized spacial score (nSPS) is 21.0. The van der Waals surface area contributed by atoms with E-state index in [1.165, 1.54) is 24.3 Å². The Kier molecular flexibility index (Phi) is 5.39. The number of hydrogen-bond donors (Lipinski definition) is 1. The number of carbonyl (C=O) groups excluding carboxylic acids is 4. The molecule has 2 aromatic rings. The van der Waals surface area contributed by atoms with Gasteiger partial charge in [-0.15, -0.1) is 0 Å². The fraction of sp³-hybridized carbons (Fsp3) is 0.364. The van der Waals surface area contributed by atoms with Crippen molar-refractivity contribution in [2.24, 2.45) is 5.92 Å². The van der Waals surface area contributed by atoms with Crippen molar-refractivity contribution in [3.63, 3.8) is 0 Å². The Bertz CT molecular complexity index is 997. The van der Waals surface area contributed by atoms with E-state index in [2.05, 4.69) is 5.32 Å². The van der Waals surface area contributed by atoms with Crippen molar-refractivity contribution in [3.05, 3.63) is 53.5 Å². The fourth-order valence-corrected chi connectivity index (χ4v) is 3.96. The molecule has 1 N–H and O–H groups in total.